The maximum absolute atomic E-state index is 14.0. The zero-order chi connectivity index (χ0) is 26.2. The Morgan fingerprint density at radius 3 is 2.43 bits per heavy atom. The van der Waals surface area contributed by atoms with Crippen molar-refractivity contribution in [1.82, 2.24) is 9.97 Å². The molecule has 3 aromatic carbocycles. The zero-order valence-corrected chi connectivity index (χ0v) is 19.0. The molecule has 5 aromatic rings. The lowest BCUT2D eigenvalue weighted by molar-refractivity contribution is -0.137. The number of nitrogens with one attached hydrogen (secondary N) is 3. The fraction of sp³-hybridized carbons (Fsp3) is 0.0370. The Bertz CT molecular complexity index is 1610. The molecule has 5 rings (SSSR count). The van der Waals surface area contributed by atoms with Gasteiger partial charge < -0.3 is 21.4 Å². The second-order valence-electron chi connectivity index (χ2n) is 8.30. The Kier molecular flexibility index (Phi) is 6.00. The first-order valence-corrected chi connectivity index (χ1v) is 11.1. The van der Waals surface area contributed by atoms with Crippen molar-refractivity contribution in [3.05, 3.63) is 96.6 Å². The van der Waals surface area contributed by atoms with E-state index in [9.17, 15) is 22.4 Å². The molecule has 0 saturated heterocycles. The highest BCUT2D eigenvalue weighted by Crippen LogP contribution is 2.33. The van der Waals surface area contributed by atoms with Crippen molar-refractivity contribution in [3.63, 3.8) is 0 Å². The summed E-state index contributed by atoms with van der Waals surface area (Å²) >= 11 is 0. The van der Waals surface area contributed by atoms with Crippen molar-refractivity contribution >= 4 is 34.1 Å². The minimum absolute atomic E-state index is 0.361. The molecule has 0 radical (unpaired) electrons. The first kappa shape index (κ1) is 23.9. The predicted octanol–water partition coefficient (Wildman–Crippen LogP) is 7.28. The highest BCUT2D eigenvalue weighted by molar-refractivity contribution is 6.01. The van der Waals surface area contributed by atoms with Gasteiger partial charge in [-0.2, -0.15) is 13.2 Å². The molecule has 2 amide bonds. The number of H-pyrrole nitrogens is 1. The van der Waals surface area contributed by atoms with Gasteiger partial charge >= 0.3 is 12.2 Å². The third-order valence-electron chi connectivity index (χ3n) is 5.75. The molecule has 10 heteroatoms. The molecule has 0 fully saturated rings. The molecule has 2 aromatic heterocycles. The number of pyridine rings is 1. The maximum Gasteiger partial charge on any atom is 0.416 e. The summed E-state index contributed by atoms with van der Waals surface area (Å²) in [5, 5.41) is 5.52. The lowest BCUT2D eigenvalue weighted by Gasteiger charge is -2.12. The van der Waals surface area contributed by atoms with Crippen LogP contribution in [0.2, 0.25) is 0 Å². The molecule has 186 valence electrons. The first-order valence-electron chi connectivity index (χ1n) is 11.1. The molecule has 0 saturated carbocycles. The number of aromatic nitrogens is 2. The van der Waals surface area contributed by atoms with Crippen LogP contribution in [0.5, 0.6) is 0 Å². The van der Waals surface area contributed by atoms with E-state index >= 15 is 0 Å². The van der Waals surface area contributed by atoms with Crippen molar-refractivity contribution < 1.29 is 22.4 Å². The van der Waals surface area contributed by atoms with Gasteiger partial charge in [0.05, 0.1) is 11.3 Å². The number of alkyl halides is 3. The van der Waals surface area contributed by atoms with Crippen molar-refractivity contribution in [2.24, 2.45) is 0 Å². The van der Waals surface area contributed by atoms with Crippen molar-refractivity contribution in [2.75, 3.05) is 16.4 Å². The van der Waals surface area contributed by atoms with E-state index in [1.54, 1.807) is 30.6 Å². The van der Waals surface area contributed by atoms with Crippen LogP contribution in [-0.2, 0) is 6.18 Å². The van der Waals surface area contributed by atoms with Crippen LogP contribution in [0, 0.1) is 5.82 Å². The summed E-state index contributed by atoms with van der Waals surface area (Å²) in [6.07, 6.45) is -1.12. The summed E-state index contributed by atoms with van der Waals surface area (Å²) in [5.41, 5.74) is 9.24. The number of amides is 2. The van der Waals surface area contributed by atoms with Crippen LogP contribution in [0.15, 0.2) is 85.2 Å². The Morgan fingerprint density at radius 1 is 0.892 bits per heavy atom. The van der Waals surface area contributed by atoms with Gasteiger partial charge in [0.25, 0.3) is 0 Å². The number of hydrogen-bond acceptors (Lipinski definition) is 3. The standard InChI is InChI=1S/C27H19F4N5O/c28-23-9-6-18(27(29,30)31)12-24(23)36-26(37)35-20-3-1-2-16(10-20)22-14-34-25-21(22)11-17(13-33-25)15-4-7-19(32)8-5-15/h1-14H,32H2,(H,33,34)(H2,35,36,37). The topological polar surface area (TPSA) is 95.8 Å². The van der Waals surface area contributed by atoms with Crippen LogP contribution < -0.4 is 16.4 Å². The van der Waals surface area contributed by atoms with Gasteiger partial charge in [0.1, 0.15) is 11.5 Å². The monoisotopic (exact) mass is 505 g/mol. The number of nitrogens with zero attached hydrogens (tertiary/aromatic N) is 1. The fourth-order valence-electron chi connectivity index (χ4n) is 3.92. The minimum Gasteiger partial charge on any atom is -0.399 e. The summed E-state index contributed by atoms with van der Waals surface area (Å²) < 4.78 is 52.9. The highest BCUT2D eigenvalue weighted by Gasteiger charge is 2.31. The predicted molar refractivity (Wildman–Crippen MR) is 135 cm³/mol. The van der Waals surface area contributed by atoms with Gasteiger partial charge in [-0.3, -0.25) is 0 Å². The van der Waals surface area contributed by atoms with Crippen LogP contribution in [0.1, 0.15) is 5.56 Å². The van der Waals surface area contributed by atoms with Crippen LogP contribution >= 0.6 is 0 Å². The quantitative estimate of drug-likeness (QED) is 0.153. The summed E-state index contributed by atoms with van der Waals surface area (Å²) in [7, 11) is 0. The van der Waals surface area contributed by atoms with Crippen molar-refractivity contribution in [1.29, 1.82) is 0 Å². The number of benzene rings is 3. The first-order chi connectivity index (χ1) is 17.7. The lowest BCUT2D eigenvalue weighted by Crippen LogP contribution is -2.20. The fourth-order valence-corrected chi connectivity index (χ4v) is 3.92. The summed E-state index contributed by atoms with van der Waals surface area (Å²) in [6, 6.07) is 17.2. The molecule has 6 nitrogen and oxygen atoms in total. The Hall–Kier alpha value is -4.86. The molecule has 0 unspecified atom stereocenters. The second-order valence-corrected chi connectivity index (χ2v) is 8.30. The van der Waals surface area contributed by atoms with E-state index in [1.807, 2.05) is 36.4 Å². The second kappa shape index (κ2) is 9.30. The Labute approximate surface area is 208 Å². The van der Waals surface area contributed by atoms with Gasteiger partial charge in [-0.05, 0) is 59.7 Å². The molecular formula is C27H19F4N5O. The number of urea groups is 1. The van der Waals surface area contributed by atoms with Gasteiger partial charge in [0.15, 0.2) is 0 Å². The maximum atomic E-state index is 14.0. The van der Waals surface area contributed by atoms with E-state index < -0.39 is 29.3 Å². The van der Waals surface area contributed by atoms with Crippen molar-refractivity contribution in [3.8, 4) is 22.3 Å². The van der Waals surface area contributed by atoms with Gasteiger partial charge in [-0.25, -0.2) is 14.2 Å². The number of halogens is 4. The van der Waals surface area contributed by atoms with Crippen LogP contribution in [0.25, 0.3) is 33.3 Å². The van der Waals surface area contributed by atoms with Gasteiger partial charge in [0.2, 0.25) is 0 Å². The van der Waals surface area contributed by atoms with Crippen LogP contribution in [0.4, 0.5) is 39.4 Å². The highest BCUT2D eigenvalue weighted by atomic mass is 19.4. The zero-order valence-electron chi connectivity index (χ0n) is 19.0. The average molecular weight is 505 g/mol. The summed E-state index contributed by atoms with van der Waals surface area (Å²) in [5.74, 6) is -0.986. The average Bonchev–Trinajstić information content (AvgIpc) is 3.29. The number of fused-ring (bicyclic) bond motifs is 1. The molecular weight excluding hydrogens is 486 g/mol. The van der Waals surface area contributed by atoms with E-state index in [4.69, 9.17) is 5.73 Å². The SMILES string of the molecule is Nc1ccc(-c2cnc3[nH]cc(-c4cccc(NC(=O)Nc5cc(C(F)(F)F)ccc5F)c4)c3c2)cc1. The molecule has 0 bridgehead atoms. The van der Waals surface area contributed by atoms with Gasteiger partial charge in [0, 0.05) is 40.3 Å². The minimum atomic E-state index is -4.67. The molecule has 0 aliphatic carbocycles. The van der Waals surface area contributed by atoms with Gasteiger partial charge in [-0.1, -0.05) is 24.3 Å². The number of hydrogen-bond donors (Lipinski definition) is 4. The number of anilines is 3. The number of carbonyl (C=O) groups excluding carboxylic acids is 1. The number of nitrogens with two attached hydrogens (primary N) is 1. The molecule has 37 heavy (non-hydrogen) atoms. The molecule has 5 N–H and O–H groups in total. The molecule has 0 spiro atoms. The third kappa shape index (κ3) is 5.08. The molecule has 0 aliphatic rings. The van der Waals surface area contributed by atoms with Crippen LogP contribution in [0.3, 0.4) is 0 Å². The number of aromatic amines is 1. The summed E-state index contributed by atoms with van der Waals surface area (Å²) in [6.45, 7) is 0. The van der Waals surface area contributed by atoms with E-state index in [0.29, 0.717) is 35.2 Å². The van der Waals surface area contributed by atoms with Gasteiger partial charge in [-0.15, -0.1) is 0 Å². The van der Waals surface area contributed by atoms with Crippen LogP contribution in [-0.4, -0.2) is 16.0 Å². The molecule has 2 heterocycles. The Balaban J connectivity index is 1.39. The van der Waals surface area contributed by atoms with E-state index in [2.05, 4.69) is 20.6 Å². The van der Waals surface area contributed by atoms with E-state index in [-0.39, 0.29) is 0 Å². The van der Waals surface area contributed by atoms with E-state index in [1.165, 1.54) is 0 Å². The van der Waals surface area contributed by atoms with E-state index in [0.717, 1.165) is 27.6 Å². The Morgan fingerprint density at radius 2 is 1.68 bits per heavy atom. The smallest absolute Gasteiger partial charge is 0.399 e. The normalized spacial score (nSPS) is 11.5. The largest absolute Gasteiger partial charge is 0.416 e. The van der Waals surface area contributed by atoms with Crippen molar-refractivity contribution in [2.45, 2.75) is 6.18 Å². The number of nitrogen functional groups attached to an aromatic ring is 1. The summed E-state index contributed by atoms with van der Waals surface area (Å²) in [4.78, 5) is 20.1. The lowest BCUT2D eigenvalue weighted by atomic mass is 10.0. The molecule has 0 aliphatic heterocycles. The molecule has 0 atom stereocenters. The number of rotatable bonds is 4. The third-order valence-corrected chi connectivity index (χ3v) is 5.75. The number of carbonyl (C=O) groups is 1.